The van der Waals surface area contributed by atoms with Gasteiger partial charge in [0.1, 0.15) is 12.3 Å². The lowest BCUT2D eigenvalue weighted by molar-refractivity contribution is -0.121. The van der Waals surface area contributed by atoms with Crippen LogP contribution in [0.5, 0.6) is 5.75 Å². The first kappa shape index (κ1) is 17.9. The van der Waals surface area contributed by atoms with E-state index in [4.69, 9.17) is 16.3 Å². The molecule has 0 unspecified atom stereocenters. The maximum Gasteiger partial charge on any atom is 0.263 e. The summed E-state index contributed by atoms with van der Waals surface area (Å²) in [5.41, 5.74) is 1.34. The van der Waals surface area contributed by atoms with Crippen LogP contribution in [0.15, 0.2) is 42.5 Å². The van der Waals surface area contributed by atoms with Crippen molar-refractivity contribution in [3.8, 4) is 5.75 Å². The predicted molar refractivity (Wildman–Crippen MR) is 96.5 cm³/mol. The fourth-order valence-corrected chi connectivity index (χ4v) is 3.14. The first-order valence-electron chi connectivity index (χ1n) is 8.06. The lowest BCUT2D eigenvalue weighted by atomic mass is 10.1. The number of rotatable bonds is 6. The van der Waals surface area contributed by atoms with Crippen molar-refractivity contribution in [1.82, 2.24) is 10.2 Å². The molecule has 2 aromatic rings. The van der Waals surface area contributed by atoms with Crippen LogP contribution in [0.4, 0.5) is 0 Å². The molecule has 134 valence electrons. The molecular weight excluding hydrogens is 356 g/mol. The van der Waals surface area contributed by atoms with E-state index in [0.29, 0.717) is 13.0 Å². The van der Waals surface area contributed by atoms with Crippen molar-refractivity contribution in [3.05, 3.63) is 64.2 Å². The van der Waals surface area contributed by atoms with Gasteiger partial charge in [-0.2, -0.15) is 0 Å². The summed E-state index contributed by atoms with van der Waals surface area (Å²) in [6, 6.07) is 12.2. The molecule has 3 amide bonds. The minimum atomic E-state index is -0.546. The Hall–Kier alpha value is -2.86. The zero-order valence-electron chi connectivity index (χ0n) is 14.1. The molecule has 0 saturated heterocycles. The van der Waals surface area contributed by atoms with Gasteiger partial charge in [0.05, 0.1) is 23.3 Å². The average Bonchev–Trinajstić information content (AvgIpc) is 2.88. The maximum absolute atomic E-state index is 12.4. The molecule has 7 heteroatoms. The molecule has 1 aliphatic heterocycles. The second-order valence-electron chi connectivity index (χ2n) is 5.77. The summed E-state index contributed by atoms with van der Waals surface area (Å²) < 4.78 is 5.26. The fraction of sp³-hybridized carbons (Fsp3) is 0.211. The number of carbonyl (C=O) groups excluding carboxylic acids is 3. The fourth-order valence-electron chi connectivity index (χ4n) is 2.88. The Balaban J connectivity index is 1.58. The molecule has 0 atom stereocenters. The third kappa shape index (κ3) is 3.41. The summed E-state index contributed by atoms with van der Waals surface area (Å²) >= 11 is 6.00. The minimum absolute atomic E-state index is 0.154. The Morgan fingerprint density at radius 2 is 1.88 bits per heavy atom. The number of halogens is 1. The molecule has 0 aliphatic carbocycles. The van der Waals surface area contributed by atoms with Crippen LogP contribution in [-0.4, -0.2) is 42.8 Å². The highest BCUT2D eigenvalue weighted by molar-refractivity contribution is 6.37. The molecule has 0 spiro atoms. The summed E-state index contributed by atoms with van der Waals surface area (Å²) in [6.07, 6.45) is 0.573. The van der Waals surface area contributed by atoms with Gasteiger partial charge in [-0.15, -0.1) is 0 Å². The van der Waals surface area contributed by atoms with Crippen molar-refractivity contribution in [2.75, 3.05) is 20.2 Å². The number of hydrogen-bond acceptors (Lipinski definition) is 4. The van der Waals surface area contributed by atoms with Crippen LogP contribution in [0.25, 0.3) is 0 Å². The van der Waals surface area contributed by atoms with Gasteiger partial charge in [0.2, 0.25) is 5.91 Å². The number of carbonyl (C=O) groups is 3. The van der Waals surface area contributed by atoms with E-state index in [0.717, 1.165) is 16.2 Å². The highest BCUT2D eigenvalue weighted by Crippen LogP contribution is 2.28. The monoisotopic (exact) mass is 372 g/mol. The third-order valence-corrected chi connectivity index (χ3v) is 4.47. The lowest BCUT2D eigenvalue weighted by Crippen LogP contribution is -2.40. The number of para-hydroxylation sites is 1. The van der Waals surface area contributed by atoms with Crippen molar-refractivity contribution >= 4 is 29.3 Å². The average molecular weight is 373 g/mol. The van der Waals surface area contributed by atoms with Crippen LogP contribution < -0.4 is 10.1 Å². The molecule has 0 bridgehead atoms. The van der Waals surface area contributed by atoms with Crippen LogP contribution in [0.3, 0.4) is 0 Å². The van der Waals surface area contributed by atoms with E-state index < -0.39 is 17.7 Å². The number of nitrogens with zero attached hydrogens (tertiary/aromatic N) is 1. The van der Waals surface area contributed by atoms with Gasteiger partial charge in [-0.3, -0.25) is 19.3 Å². The largest absolute Gasteiger partial charge is 0.496 e. The number of methoxy groups -OCH3 is 1. The first-order valence-corrected chi connectivity index (χ1v) is 8.44. The van der Waals surface area contributed by atoms with Crippen molar-refractivity contribution < 1.29 is 19.1 Å². The van der Waals surface area contributed by atoms with Crippen molar-refractivity contribution in [2.24, 2.45) is 0 Å². The molecule has 26 heavy (non-hydrogen) atoms. The summed E-state index contributed by atoms with van der Waals surface area (Å²) in [7, 11) is 1.59. The highest BCUT2D eigenvalue weighted by atomic mass is 35.5. The molecule has 0 fully saturated rings. The molecular formula is C19H17ClN2O4. The Morgan fingerprint density at radius 1 is 1.12 bits per heavy atom. The normalized spacial score (nSPS) is 12.9. The Kier molecular flexibility index (Phi) is 5.23. The van der Waals surface area contributed by atoms with Gasteiger partial charge in [-0.1, -0.05) is 35.9 Å². The van der Waals surface area contributed by atoms with Crippen LogP contribution in [-0.2, 0) is 11.2 Å². The van der Waals surface area contributed by atoms with Crippen molar-refractivity contribution in [2.45, 2.75) is 6.42 Å². The molecule has 0 aromatic heterocycles. The van der Waals surface area contributed by atoms with Gasteiger partial charge in [-0.05, 0) is 30.2 Å². The van der Waals surface area contributed by atoms with Gasteiger partial charge in [-0.25, -0.2) is 0 Å². The number of nitrogens with one attached hydrogen (secondary N) is 1. The zero-order valence-corrected chi connectivity index (χ0v) is 14.9. The topological polar surface area (TPSA) is 75.7 Å². The lowest BCUT2D eigenvalue weighted by Gasteiger charge is -2.14. The molecule has 2 aromatic carbocycles. The van der Waals surface area contributed by atoms with Crippen LogP contribution in [0, 0.1) is 0 Å². The zero-order chi connectivity index (χ0) is 18.7. The third-order valence-electron chi connectivity index (χ3n) is 4.16. The summed E-state index contributed by atoms with van der Waals surface area (Å²) in [6.45, 7) is 0.0255. The van der Waals surface area contributed by atoms with E-state index in [1.54, 1.807) is 19.2 Å². The van der Waals surface area contributed by atoms with Crippen LogP contribution >= 0.6 is 11.6 Å². The van der Waals surface area contributed by atoms with Crippen molar-refractivity contribution in [3.63, 3.8) is 0 Å². The number of imide groups is 1. The van der Waals surface area contributed by atoms with E-state index in [-0.39, 0.29) is 22.7 Å². The second-order valence-corrected chi connectivity index (χ2v) is 6.18. The van der Waals surface area contributed by atoms with Gasteiger partial charge in [0.25, 0.3) is 11.8 Å². The van der Waals surface area contributed by atoms with E-state index in [1.807, 2.05) is 24.3 Å². The van der Waals surface area contributed by atoms with Crippen LogP contribution in [0.2, 0.25) is 5.02 Å². The van der Waals surface area contributed by atoms with E-state index in [2.05, 4.69) is 5.32 Å². The first-order chi connectivity index (χ1) is 12.5. The highest BCUT2D eigenvalue weighted by Gasteiger charge is 2.38. The van der Waals surface area contributed by atoms with Crippen molar-refractivity contribution in [1.29, 1.82) is 0 Å². The van der Waals surface area contributed by atoms with Gasteiger partial charge >= 0.3 is 0 Å². The molecule has 6 nitrogen and oxygen atoms in total. The standard InChI is InChI=1S/C19H17ClN2O4/c1-26-15-8-3-2-5-12(15)9-10-21-16(23)11-22-18(24)13-6-4-7-14(20)17(13)19(22)25/h2-8H,9-11H2,1H3,(H,21,23). The predicted octanol–water partition coefficient (Wildman–Crippen LogP) is 2.30. The Bertz CT molecular complexity index is 882. The van der Waals surface area contributed by atoms with Gasteiger partial charge in [0.15, 0.2) is 0 Å². The van der Waals surface area contributed by atoms with E-state index >= 15 is 0 Å². The summed E-state index contributed by atoms with van der Waals surface area (Å²) in [5, 5.41) is 2.93. The maximum atomic E-state index is 12.4. The molecule has 3 rings (SSSR count). The number of amides is 3. The van der Waals surface area contributed by atoms with Crippen LogP contribution in [0.1, 0.15) is 26.3 Å². The van der Waals surface area contributed by atoms with Gasteiger partial charge < -0.3 is 10.1 Å². The molecule has 1 aliphatic rings. The molecule has 0 radical (unpaired) electrons. The summed E-state index contributed by atoms with van der Waals surface area (Å²) in [4.78, 5) is 37.8. The molecule has 1 heterocycles. The quantitative estimate of drug-likeness (QED) is 0.789. The Morgan fingerprint density at radius 3 is 2.62 bits per heavy atom. The summed E-state index contributed by atoms with van der Waals surface area (Å²) in [5.74, 6) is -0.717. The molecule has 1 N–H and O–H groups in total. The number of benzene rings is 2. The molecule has 0 saturated carbocycles. The minimum Gasteiger partial charge on any atom is -0.496 e. The second kappa shape index (κ2) is 7.58. The SMILES string of the molecule is COc1ccccc1CCNC(=O)CN1C(=O)c2cccc(Cl)c2C1=O. The Labute approximate surface area is 155 Å². The number of fused-ring (bicyclic) bond motifs is 1. The van der Waals surface area contributed by atoms with E-state index in [1.165, 1.54) is 6.07 Å². The smallest absolute Gasteiger partial charge is 0.263 e. The number of ether oxygens (including phenoxy) is 1. The number of hydrogen-bond donors (Lipinski definition) is 1. The van der Waals surface area contributed by atoms with Gasteiger partial charge in [0, 0.05) is 6.54 Å². The van der Waals surface area contributed by atoms with E-state index in [9.17, 15) is 14.4 Å².